The van der Waals surface area contributed by atoms with Crippen LogP contribution in [-0.2, 0) is 11.2 Å². The van der Waals surface area contributed by atoms with Crippen molar-refractivity contribution in [2.45, 2.75) is 23.8 Å². The number of carbonyl (C=O) groups excluding carboxylic acids is 1. The number of carbonyl (C=O) groups is 1. The van der Waals surface area contributed by atoms with Gasteiger partial charge in [-0.15, -0.1) is 0 Å². The van der Waals surface area contributed by atoms with Crippen LogP contribution in [0.2, 0.25) is 0 Å². The number of hydrogen-bond donors (Lipinski definition) is 1. The van der Waals surface area contributed by atoms with E-state index >= 15 is 0 Å². The van der Waals surface area contributed by atoms with Crippen LogP contribution in [0.25, 0.3) is 5.69 Å². The average Bonchev–Trinajstić information content (AvgIpc) is 3.10. The lowest BCUT2D eigenvalue weighted by atomic mass is 10.1. The molecule has 0 aliphatic heterocycles. The lowest BCUT2D eigenvalue weighted by Gasteiger charge is -2.13. The maximum Gasteiger partial charge on any atom is 0.233 e. The molecule has 0 radical (unpaired) electrons. The minimum atomic E-state index is -0.307. The van der Waals surface area contributed by atoms with E-state index in [1.165, 1.54) is 29.5 Å². The molecule has 0 spiro atoms. The number of nitrogens with one attached hydrogen (secondary N) is 1. The van der Waals surface area contributed by atoms with Gasteiger partial charge in [-0.05, 0) is 37.1 Å². The van der Waals surface area contributed by atoms with Gasteiger partial charge in [-0.25, -0.2) is 9.37 Å². The Morgan fingerprint density at radius 2 is 2.04 bits per heavy atom. The second kappa shape index (κ2) is 8.67. The highest BCUT2D eigenvalue weighted by atomic mass is 32.2. The van der Waals surface area contributed by atoms with Crippen LogP contribution in [0.4, 0.5) is 4.39 Å². The molecular weight excluding hydrogens is 349 g/mol. The molecule has 0 bridgehead atoms. The van der Waals surface area contributed by atoms with Crippen LogP contribution in [0, 0.1) is 5.82 Å². The second-order valence-electron chi connectivity index (χ2n) is 5.85. The van der Waals surface area contributed by atoms with Gasteiger partial charge < -0.3 is 5.32 Å². The third kappa shape index (κ3) is 4.73. The maximum atomic E-state index is 13.5. The summed E-state index contributed by atoms with van der Waals surface area (Å²) in [6.45, 7) is 2.43. The standard InChI is InChI=1S/C20H20FN3OS/c1-15(19(25)22-11-10-16-6-3-2-4-7-16)26-20-23-12-13-24(20)18-9-5-8-17(21)14-18/h2-9,12-15H,10-11H2,1H3,(H,22,25). The zero-order chi connectivity index (χ0) is 18.4. The van der Waals surface area contributed by atoms with Crippen LogP contribution in [-0.4, -0.2) is 27.3 Å². The van der Waals surface area contributed by atoms with Gasteiger partial charge in [0, 0.05) is 18.9 Å². The molecule has 0 fully saturated rings. The first-order valence-electron chi connectivity index (χ1n) is 8.41. The quantitative estimate of drug-likeness (QED) is 0.644. The smallest absolute Gasteiger partial charge is 0.233 e. The summed E-state index contributed by atoms with van der Waals surface area (Å²) in [5.74, 6) is -0.349. The Morgan fingerprint density at radius 1 is 1.23 bits per heavy atom. The molecule has 1 aromatic heterocycles. The van der Waals surface area contributed by atoms with E-state index in [1.54, 1.807) is 29.1 Å². The van der Waals surface area contributed by atoms with E-state index in [-0.39, 0.29) is 17.0 Å². The minimum absolute atomic E-state index is 0.0419. The minimum Gasteiger partial charge on any atom is -0.355 e. The monoisotopic (exact) mass is 369 g/mol. The van der Waals surface area contributed by atoms with E-state index < -0.39 is 0 Å². The molecule has 6 heteroatoms. The molecule has 0 aliphatic rings. The number of hydrogen-bond acceptors (Lipinski definition) is 3. The molecule has 1 amide bonds. The van der Waals surface area contributed by atoms with Crippen LogP contribution >= 0.6 is 11.8 Å². The SMILES string of the molecule is CC(Sc1nccn1-c1cccc(F)c1)C(=O)NCCc1ccccc1. The normalized spacial score (nSPS) is 11.9. The Labute approximate surface area is 156 Å². The third-order valence-corrected chi connectivity index (χ3v) is 4.98. The number of amides is 1. The molecule has 0 saturated carbocycles. The molecule has 3 aromatic rings. The van der Waals surface area contributed by atoms with Crippen molar-refractivity contribution in [2.24, 2.45) is 0 Å². The van der Waals surface area contributed by atoms with Gasteiger partial charge in [0.25, 0.3) is 0 Å². The van der Waals surface area contributed by atoms with Crippen molar-refractivity contribution in [1.29, 1.82) is 0 Å². The fourth-order valence-corrected chi connectivity index (χ4v) is 3.44. The fraction of sp³-hybridized carbons (Fsp3) is 0.200. The molecule has 1 N–H and O–H groups in total. The Bertz CT molecular complexity index is 866. The van der Waals surface area contributed by atoms with Crippen LogP contribution in [0.3, 0.4) is 0 Å². The molecule has 4 nitrogen and oxygen atoms in total. The summed E-state index contributed by atoms with van der Waals surface area (Å²) in [7, 11) is 0. The van der Waals surface area contributed by atoms with Gasteiger partial charge in [-0.1, -0.05) is 48.2 Å². The van der Waals surface area contributed by atoms with Crippen LogP contribution in [0.1, 0.15) is 12.5 Å². The van der Waals surface area contributed by atoms with Gasteiger partial charge in [0.1, 0.15) is 5.82 Å². The number of nitrogens with zero attached hydrogens (tertiary/aromatic N) is 2. The first-order chi connectivity index (χ1) is 12.6. The van der Waals surface area contributed by atoms with Gasteiger partial charge >= 0.3 is 0 Å². The summed E-state index contributed by atoms with van der Waals surface area (Å²) >= 11 is 1.35. The fourth-order valence-electron chi connectivity index (χ4n) is 2.53. The van der Waals surface area contributed by atoms with Crippen molar-refractivity contribution in [3.05, 3.63) is 78.4 Å². The Kier molecular flexibility index (Phi) is 6.07. The summed E-state index contributed by atoms with van der Waals surface area (Å²) in [6, 6.07) is 16.3. The van der Waals surface area contributed by atoms with E-state index in [1.807, 2.05) is 37.3 Å². The van der Waals surface area contributed by atoms with E-state index in [0.717, 1.165) is 6.42 Å². The third-order valence-electron chi connectivity index (χ3n) is 3.90. The highest BCUT2D eigenvalue weighted by molar-refractivity contribution is 8.00. The second-order valence-corrected chi connectivity index (χ2v) is 7.15. The van der Waals surface area contributed by atoms with Crippen molar-refractivity contribution in [3.8, 4) is 5.69 Å². The molecular formula is C20H20FN3OS. The predicted octanol–water partition coefficient (Wildman–Crippen LogP) is 3.85. The lowest BCUT2D eigenvalue weighted by molar-refractivity contribution is -0.120. The number of aromatic nitrogens is 2. The van der Waals surface area contributed by atoms with Gasteiger partial charge in [0.2, 0.25) is 5.91 Å². The number of halogens is 1. The number of rotatable bonds is 7. The topological polar surface area (TPSA) is 46.9 Å². The molecule has 1 unspecified atom stereocenters. The molecule has 3 rings (SSSR count). The Balaban J connectivity index is 1.57. The van der Waals surface area contributed by atoms with Crippen LogP contribution < -0.4 is 5.32 Å². The number of benzene rings is 2. The largest absolute Gasteiger partial charge is 0.355 e. The summed E-state index contributed by atoms with van der Waals surface area (Å²) in [4.78, 5) is 16.6. The Morgan fingerprint density at radius 3 is 2.81 bits per heavy atom. The number of thioether (sulfide) groups is 1. The predicted molar refractivity (Wildman–Crippen MR) is 102 cm³/mol. The van der Waals surface area contributed by atoms with E-state index in [4.69, 9.17) is 0 Å². The molecule has 0 aliphatic carbocycles. The summed E-state index contributed by atoms with van der Waals surface area (Å²) in [5.41, 5.74) is 1.87. The zero-order valence-electron chi connectivity index (χ0n) is 14.4. The first kappa shape index (κ1) is 18.2. The summed E-state index contributed by atoms with van der Waals surface area (Å²) in [5, 5.41) is 3.30. The zero-order valence-corrected chi connectivity index (χ0v) is 15.2. The van der Waals surface area contributed by atoms with Gasteiger partial charge in [-0.2, -0.15) is 0 Å². The van der Waals surface area contributed by atoms with Gasteiger partial charge in [0.15, 0.2) is 5.16 Å². The van der Waals surface area contributed by atoms with Gasteiger partial charge in [0.05, 0.1) is 10.9 Å². The van der Waals surface area contributed by atoms with Gasteiger partial charge in [-0.3, -0.25) is 9.36 Å². The van der Waals surface area contributed by atoms with Crippen LogP contribution in [0.5, 0.6) is 0 Å². The van der Waals surface area contributed by atoms with Crippen molar-refractivity contribution in [1.82, 2.24) is 14.9 Å². The molecule has 26 heavy (non-hydrogen) atoms. The van der Waals surface area contributed by atoms with E-state index in [2.05, 4.69) is 10.3 Å². The molecule has 134 valence electrons. The van der Waals surface area contributed by atoms with Crippen molar-refractivity contribution in [2.75, 3.05) is 6.54 Å². The maximum absolute atomic E-state index is 13.5. The molecule has 1 atom stereocenters. The lowest BCUT2D eigenvalue weighted by Crippen LogP contribution is -2.32. The van der Waals surface area contributed by atoms with Crippen molar-refractivity contribution < 1.29 is 9.18 Å². The molecule has 0 saturated heterocycles. The number of imidazole rings is 1. The highest BCUT2D eigenvalue weighted by Crippen LogP contribution is 2.24. The van der Waals surface area contributed by atoms with Crippen molar-refractivity contribution in [3.63, 3.8) is 0 Å². The van der Waals surface area contributed by atoms with Crippen molar-refractivity contribution >= 4 is 17.7 Å². The van der Waals surface area contributed by atoms with E-state index in [9.17, 15) is 9.18 Å². The molecule has 2 aromatic carbocycles. The van der Waals surface area contributed by atoms with Crippen LogP contribution in [0.15, 0.2) is 72.1 Å². The molecule has 1 heterocycles. The highest BCUT2D eigenvalue weighted by Gasteiger charge is 2.17. The first-order valence-corrected chi connectivity index (χ1v) is 9.29. The average molecular weight is 369 g/mol. The van der Waals surface area contributed by atoms with E-state index in [0.29, 0.717) is 17.4 Å². The summed E-state index contributed by atoms with van der Waals surface area (Å²) < 4.78 is 15.2. The Hall–Kier alpha value is -2.60. The summed E-state index contributed by atoms with van der Waals surface area (Å²) in [6.07, 6.45) is 4.20.